The fraction of sp³-hybridized carbons (Fsp3) is 0.292. The summed E-state index contributed by atoms with van der Waals surface area (Å²) in [6.45, 7) is 10.2. The molecule has 1 aromatic heterocycles. The lowest BCUT2D eigenvalue weighted by Gasteiger charge is -2.20. The summed E-state index contributed by atoms with van der Waals surface area (Å²) in [5, 5.41) is 1.88. The van der Waals surface area contributed by atoms with Crippen LogP contribution in [-0.2, 0) is 16.4 Å². The van der Waals surface area contributed by atoms with Gasteiger partial charge in [0.25, 0.3) is 15.9 Å². The van der Waals surface area contributed by atoms with Crippen molar-refractivity contribution in [2.75, 3.05) is 16.2 Å². The SMILES string of the molecule is Cc1c(C)c(C)c(S(=O)(=O)Nc2ccc3c(c2)N(C(=O)c2cccs2)CC3)c(C)c1C. The van der Waals surface area contributed by atoms with Gasteiger partial charge in [0.15, 0.2) is 0 Å². The summed E-state index contributed by atoms with van der Waals surface area (Å²) in [6.07, 6.45) is 0.758. The van der Waals surface area contributed by atoms with Crippen molar-refractivity contribution in [2.24, 2.45) is 0 Å². The minimum absolute atomic E-state index is 0.0507. The molecule has 0 radical (unpaired) electrons. The molecule has 0 spiro atoms. The lowest BCUT2D eigenvalue weighted by Crippen LogP contribution is -2.28. The highest BCUT2D eigenvalue weighted by Crippen LogP contribution is 2.35. The summed E-state index contributed by atoms with van der Waals surface area (Å²) in [5.41, 5.74) is 6.90. The summed E-state index contributed by atoms with van der Waals surface area (Å²) >= 11 is 1.41. The van der Waals surface area contributed by atoms with Gasteiger partial charge in [-0.25, -0.2) is 8.42 Å². The van der Waals surface area contributed by atoms with Crippen molar-refractivity contribution in [1.82, 2.24) is 0 Å². The maximum atomic E-state index is 13.4. The summed E-state index contributed by atoms with van der Waals surface area (Å²) in [5.74, 6) is -0.0507. The standard InChI is InChI=1S/C24H26N2O3S2/c1-14-15(2)17(4)23(18(5)16(14)3)31(28,29)25-20-9-8-19-10-11-26(21(19)13-20)24(27)22-7-6-12-30-22/h6-9,12-13,25H,10-11H2,1-5H3. The van der Waals surface area contributed by atoms with Gasteiger partial charge in [-0.1, -0.05) is 12.1 Å². The summed E-state index contributed by atoms with van der Waals surface area (Å²) in [4.78, 5) is 15.6. The number of thiophene rings is 1. The number of carbonyl (C=O) groups is 1. The number of hydrogen-bond acceptors (Lipinski definition) is 4. The van der Waals surface area contributed by atoms with Gasteiger partial charge < -0.3 is 4.90 Å². The van der Waals surface area contributed by atoms with Gasteiger partial charge in [0.1, 0.15) is 0 Å². The molecule has 4 rings (SSSR count). The van der Waals surface area contributed by atoms with Crippen LogP contribution >= 0.6 is 11.3 Å². The first-order chi connectivity index (χ1) is 14.6. The van der Waals surface area contributed by atoms with Crippen LogP contribution in [0.25, 0.3) is 0 Å². The van der Waals surface area contributed by atoms with Crippen molar-refractivity contribution in [3.63, 3.8) is 0 Å². The summed E-state index contributed by atoms with van der Waals surface area (Å²) < 4.78 is 29.5. The van der Waals surface area contributed by atoms with E-state index in [1.54, 1.807) is 17.0 Å². The Bertz CT molecular complexity index is 1260. The van der Waals surface area contributed by atoms with Crippen LogP contribution in [0.1, 0.15) is 43.1 Å². The molecule has 0 aliphatic carbocycles. The van der Waals surface area contributed by atoms with Crippen LogP contribution in [-0.4, -0.2) is 20.9 Å². The van der Waals surface area contributed by atoms with Gasteiger partial charge in [0, 0.05) is 12.2 Å². The predicted molar refractivity (Wildman–Crippen MR) is 127 cm³/mol. The number of benzene rings is 2. The molecule has 1 aliphatic rings. The molecule has 0 unspecified atom stereocenters. The number of carbonyl (C=O) groups excluding carboxylic acids is 1. The number of nitrogens with zero attached hydrogens (tertiary/aromatic N) is 1. The van der Waals surface area contributed by atoms with Crippen molar-refractivity contribution in [3.8, 4) is 0 Å². The van der Waals surface area contributed by atoms with E-state index in [2.05, 4.69) is 4.72 Å². The van der Waals surface area contributed by atoms with Crippen LogP contribution in [0.4, 0.5) is 11.4 Å². The van der Waals surface area contributed by atoms with Crippen molar-refractivity contribution >= 4 is 38.6 Å². The van der Waals surface area contributed by atoms with Crippen LogP contribution in [0.2, 0.25) is 0 Å². The predicted octanol–water partition coefficient (Wildman–Crippen LogP) is 5.29. The maximum Gasteiger partial charge on any atom is 0.268 e. The third-order valence-corrected chi connectivity index (χ3v) is 8.92. The molecule has 0 saturated heterocycles. The third-order valence-electron chi connectivity index (χ3n) is 6.41. The first kappa shape index (κ1) is 21.6. The van der Waals surface area contributed by atoms with E-state index in [1.165, 1.54) is 11.3 Å². The van der Waals surface area contributed by atoms with E-state index in [0.717, 1.165) is 45.5 Å². The second kappa shape index (κ2) is 7.80. The number of sulfonamides is 1. The first-order valence-corrected chi connectivity index (χ1v) is 12.6. The van der Waals surface area contributed by atoms with E-state index in [1.807, 2.05) is 58.2 Å². The topological polar surface area (TPSA) is 66.5 Å². The number of rotatable bonds is 4. The molecule has 1 N–H and O–H groups in total. The lowest BCUT2D eigenvalue weighted by atomic mass is 9.95. The van der Waals surface area contributed by atoms with Crippen LogP contribution in [0.3, 0.4) is 0 Å². The van der Waals surface area contributed by atoms with E-state index in [4.69, 9.17) is 0 Å². The van der Waals surface area contributed by atoms with Crippen molar-refractivity contribution in [2.45, 2.75) is 45.9 Å². The molecule has 31 heavy (non-hydrogen) atoms. The molecular formula is C24H26N2O3S2. The zero-order chi connectivity index (χ0) is 22.5. The first-order valence-electron chi connectivity index (χ1n) is 10.2. The minimum atomic E-state index is -3.79. The molecule has 2 aromatic carbocycles. The second-order valence-corrected chi connectivity index (χ2v) is 10.7. The number of amides is 1. The Morgan fingerprint density at radius 3 is 2.23 bits per heavy atom. The molecule has 5 nitrogen and oxygen atoms in total. The number of hydrogen-bond donors (Lipinski definition) is 1. The molecule has 2 heterocycles. The molecule has 3 aromatic rings. The Morgan fingerprint density at radius 2 is 1.61 bits per heavy atom. The monoisotopic (exact) mass is 454 g/mol. The molecule has 7 heteroatoms. The smallest absolute Gasteiger partial charge is 0.268 e. The van der Waals surface area contributed by atoms with Gasteiger partial charge in [0.2, 0.25) is 0 Å². The van der Waals surface area contributed by atoms with Gasteiger partial charge in [-0.3, -0.25) is 9.52 Å². The van der Waals surface area contributed by atoms with E-state index in [0.29, 0.717) is 22.0 Å². The molecular weight excluding hydrogens is 428 g/mol. The van der Waals surface area contributed by atoms with Crippen molar-refractivity contribution in [1.29, 1.82) is 0 Å². The van der Waals surface area contributed by atoms with Gasteiger partial charge in [-0.2, -0.15) is 0 Å². The van der Waals surface area contributed by atoms with Crippen LogP contribution in [0, 0.1) is 34.6 Å². The summed E-state index contributed by atoms with van der Waals surface area (Å²) in [6, 6.07) is 9.11. The Balaban J connectivity index is 1.71. The van der Waals surface area contributed by atoms with Crippen LogP contribution in [0.5, 0.6) is 0 Å². The van der Waals surface area contributed by atoms with E-state index >= 15 is 0 Å². The highest BCUT2D eigenvalue weighted by molar-refractivity contribution is 7.92. The van der Waals surface area contributed by atoms with Crippen LogP contribution in [0.15, 0.2) is 40.6 Å². The average molecular weight is 455 g/mol. The Labute approximate surface area is 187 Å². The Morgan fingerprint density at radius 1 is 0.968 bits per heavy atom. The Kier molecular flexibility index (Phi) is 5.43. The molecule has 1 aliphatic heterocycles. The largest absolute Gasteiger partial charge is 0.307 e. The minimum Gasteiger partial charge on any atom is -0.307 e. The number of fused-ring (bicyclic) bond motifs is 1. The van der Waals surface area contributed by atoms with Gasteiger partial charge in [-0.15, -0.1) is 11.3 Å². The molecule has 0 bridgehead atoms. The second-order valence-electron chi connectivity index (χ2n) is 8.09. The van der Waals surface area contributed by atoms with Crippen LogP contribution < -0.4 is 9.62 Å². The zero-order valence-electron chi connectivity index (χ0n) is 18.4. The normalized spacial score (nSPS) is 13.4. The number of nitrogens with one attached hydrogen (secondary N) is 1. The zero-order valence-corrected chi connectivity index (χ0v) is 20.0. The van der Waals surface area contributed by atoms with E-state index < -0.39 is 10.0 Å². The maximum absolute atomic E-state index is 13.4. The van der Waals surface area contributed by atoms with Crippen molar-refractivity contribution < 1.29 is 13.2 Å². The quantitative estimate of drug-likeness (QED) is 0.582. The highest BCUT2D eigenvalue weighted by atomic mass is 32.2. The van der Waals surface area contributed by atoms with E-state index in [9.17, 15) is 13.2 Å². The molecule has 162 valence electrons. The molecule has 1 amide bonds. The summed E-state index contributed by atoms with van der Waals surface area (Å²) in [7, 11) is -3.79. The molecule has 0 saturated carbocycles. The fourth-order valence-electron chi connectivity index (χ4n) is 4.26. The Hall–Kier alpha value is -2.64. The lowest BCUT2D eigenvalue weighted by molar-refractivity contribution is 0.0993. The van der Waals surface area contributed by atoms with Gasteiger partial charge in [-0.05, 0) is 98.0 Å². The van der Waals surface area contributed by atoms with Gasteiger partial charge >= 0.3 is 0 Å². The highest BCUT2D eigenvalue weighted by Gasteiger charge is 2.28. The average Bonchev–Trinajstić information content (AvgIpc) is 3.40. The van der Waals surface area contributed by atoms with E-state index in [-0.39, 0.29) is 5.91 Å². The molecule has 0 atom stereocenters. The number of anilines is 2. The molecule has 0 fully saturated rings. The fourth-order valence-corrected chi connectivity index (χ4v) is 6.59. The third kappa shape index (κ3) is 3.66. The van der Waals surface area contributed by atoms with Gasteiger partial charge in [0.05, 0.1) is 15.5 Å². The van der Waals surface area contributed by atoms with Crippen molar-refractivity contribution in [3.05, 3.63) is 74.0 Å².